The molecule has 2 heterocycles. The lowest BCUT2D eigenvalue weighted by Crippen LogP contribution is -2.08. The molecule has 0 radical (unpaired) electrons. The van der Waals surface area contributed by atoms with Gasteiger partial charge in [0.25, 0.3) is 0 Å². The summed E-state index contributed by atoms with van der Waals surface area (Å²) in [5, 5.41) is 5.54. The highest BCUT2D eigenvalue weighted by Gasteiger charge is 2.21. The van der Waals surface area contributed by atoms with Gasteiger partial charge in [-0.3, -0.25) is 0 Å². The SMILES string of the molecule is C1=NNN2C=C12. The van der Waals surface area contributed by atoms with Crippen LogP contribution in [0.5, 0.6) is 0 Å². The van der Waals surface area contributed by atoms with E-state index in [4.69, 9.17) is 0 Å². The Morgan fingerprint density at radius 1 is 1.83 bits per heavy atom. The van der Waals surface area contributed by atoms with Crippen LogP contribution in [0.3, 0.4) is 0 Å². The highest BCUT2D eigenvalue weighted by atomic mass is 15.7. The molecule has 0 aromatic heterocycles. The maximum atomic E-state index is 3.70. The summed E-state index contributed by atoms with van der Waals surface area (Å²) in [7, 11) is 0. The molecule has 2 aliphatic heterocycles. The van der Waals surface area contributed by atoms with Crippen LogP contribution in [-0.2, 0) is 0 Å². The summed E-state index contributed by atoms with van der Waals surface area (Å²) < 4.78 is 0. The standard InChI is InChI=1S/C3H3N3/c1-3-2-6(3)5-4-1/h1-2,5H. The molecule has 3 heteroatoms. The largest absolute Gasteiger partial charge is 0.242 e. The molecule has 0 bridgehead atoms. The number of hydrazone groups is 1. The lowest BCUT2D eigenvalue weighted by molar-refractivity contribution is 0.469. The van der Waals surface area contributed by atoms with Crippen molar-refractivity contribution in [3.05, 3.63) is 11.9 Å². The van der Waals surface area contributed by atoms with Crippen LogP contribution in [0, 0.1) is 0 Å². The van der Waals surface area contributed by atoms with Crippen LogP contribution in [0.2, 0.25) is 0 Å². The van der Waals surface area contributed by atoms with Gasteiger partial charge in [-0.15, -0.1) is 0 Å². The molecule has 2 aliphatic rings. The summed E-state index contributed by atoms with van der Waals surface area (Å²) in [4.78, 5) is 0. The smallest absolute Gasteiger partial charge is 0.102 e. The van der Waals surface area contributed by atoms with Gasteiger partial charge in [-0.25, -0.2) is 10.5 Å². The average Bonchev–Trinajstić information content (AvgIpc) is 2.17. The molecule has 0 atom stereocenters. The van der Waals surface area contributed by atoms with Crippen molar-refractivity contribution in [3.8, 4) is 0 Å². The fourth-order valence-corrected chi connectivity index (χ4v) is 0.443. The number of nitrogens with zero attached hydrogens (tertiary/aromatic N) is 2. The Morgan fingerprint density at radius 2 is 2.83 bits per heavy atom. The molecule has 3 nitrogen and oxygen atoms in total. The molecule has 0 fully saturated rings. The van der Waals surface area contributed by atoms with Crippen molar-refractivity contribution in [1.82, 2.24) is 10.5 Å². The molecule has 0 spiro atoms. The van der Waals surface area contributed by atoms with Crippen molar-refractivity contribution in [2.75, 3.05) is 0 Å². The van der Waals surface area contributed by atoms with Gasteiger partial charge in [-0.1, -0.05) is 0 Å². The minimum Gasteiger partial charge on any atom is -0.242 e. The third-order valence-corrected chi connectivity index (χ3v) is 0.834. The first-order chi connectivity index (χ1) is 2.97. The highest BCUT2D eigenvalue weighted by Crippen LogP contribution is 2.17. The lowest BCUT2D eigenvalue weighted by atomic mass is 10.7. The number of nitrogens with one attached hydrogen (secondary N) is 1. The van der Waals surface area contributed by atoms with Crippen LogP contribution in [0.15, 0.2) is 17.0 Å². The molecule has 0 aliphatic carbocycles. The quantitative estimate of drug-likeness (QED) is 0.431. The molecule has 0 aromatic carbocycles. The zero-order valence-electron chi connectivity index (χ0n) is 3.05. The zero-order valence-corrected chi connectivity index (χ0v) is 3.05. The maximum Gasteiger partial charge on any atom is 0.102 e. The van der Waals surface area contributed by atoms with Gasteiger partial charge < -0.3 is 0 Å². The first kappa shape index (κ1) is 2.23. The van der Waals surface area contributed by atoms with Gasteiger partial charge in [0, 0.05) is 0 Å². The van der Waals surface area contributed by atoms with Gasteiger partial charge in [-0.2, -0.15) is 5.10 Å². The van der Waals surface area contributed by atoms with Crippen LogP contribution in [0.4, 0.5) is 0 Å². The first-order valence-corrected chi connectivity index (χ1v) is 1.76. The minimum absolute atomic E-state index is 1.18. The second-order valence-corrected chi connectivity index (χ2v) is 1.28. The summed E-state index contributed by atoms with van der Waals surface area (Å²) in [6.45, 7) is 0. The van der Waals surface area contributed by atoms with E-state index in [9.17, 15) is 0 Å². The number of rotatable bonds is 0. The van der Waals surface area contributed by atoms with Crippen molar-refractivity contribution >= 4 is 6.21 Å². The third-order valence-electron chi connectivity index (χ3n) is 0.834. The third kappa shape index (κ3) is 0.100. The Hall–Kier alpha value is -0.990. The monoisotopic (exact) mass is 81.0 g/mol. The van der Waals surface area contributed by atoms with Crippen LogP contribution < -0.4 is 5.53 Å². The number of fused-ring (bicyclic) bond motifs is 1. The molecule has 0 aromatic rings. The number of hydrazine groups is 1. The van der Waals surface area contributed by atoms with Crippen molar-refractivity contribution < 1.29 is 0 Å². The Morgan fingerprint density at radius 3 is 3.00 bits per heavy atom. The molecule has 0 amide bonds. The van der Waals surface area contributed by atoms with Gasteiger partial charge in [0.15, 0.2) is 0 Å². The van der Waals surface area contributed by atoms with Gasteiger partial charge in [0.2, 0.25) is 0 Å². The van der Waals surface area contributed by atoms with Crippen molar-refractivity contribution in [1.29, 1.82) is 0 Å². The Balaban J connectivity index is 2.42. The molecular weight excluding hydrogens is 78.1 g/mol. The topological polar surface area (TPSA) is 27.4 Å². The second-order valence-electron chi connectivity index (χ2n) is 1.28. The Bertz CT molecular complexity index is 135. The fraction of sp³-hybridized carbons (Fsp3) is 0. The van der Waals surface area contributed by atoms with E-state index in [1.807, 2.05) is 11.2 Å². The van der Waals surface area contributed by atoms with Crippen molar-refractivity contribution in [3.63, 3.8) is 0 Å². The normalized spacial score (nSPS) is 22.7. The molecule has 6 heavy (non-hydrogen) atoms. The molecule has 0 saturated carbocycles. The Labute approximate surface area is 34.9 Å². The summed E-state index contributed by atoms with van der Waals surface area (Å²) in [5.74, 6) is 0. The van der Waals surface area contributed by atoms with Gasteiger partial charge in [0.1, 0.15) is 5.70 Å². The van der Waals surface area contributed by atoms with E-state index in [1.165, 1.54) is 5.70 Å². The van der Waals surface area contributed by atoms with Crippen LogP contribution in [0.25, 0.3) is 0 Å². The lowest BCUT2D eigenvalue weighted by Gasteiger charge is -1.89. The molecule has 0 saturated heterocycles. The fourth-order valence-electron chi connectivity index (χ4n) is 0.443. The van der Waals surface area contributed by atoms with E-state index < -0.39 is 0 Å². The number of hydrogen-bond acceptors (Lipinski definition) is 3. The molecule has 0 unspecified atom stereocenters. The highest BCUT2D eigenvalue weighted by molar-refractivity contribution is 5.83. The predicted octanol–water partition coefficient (Wildman–Crippen LogP) is -0.353. The van der Waals surface area contributed by atoms with Crippen molar-refractivity contribution in [2.24, 2.45) is 5.10 Å². The van der Waals surface area contributed by atoms with Gasteiger partial charge >= 0.3 is 0 Å². The zero-order chi connectivity index (χ0) is 3.98. The van der Waals surface area contributed by atoms with Crippen molar-refractivity contribution in [2.45, 2.75) is 0 Å². The summed E-state index contributed by atoms with van der Waals surface area (Å²) >= 11 is 0. The van der Waals surface area contributed by atoms with Gasteiger partial charge in [-0.05, 0) is 0 Å². The number of allylic oxidation sites excluding steroid dienone is 1. The van der Waals surface area contributed by atoms with E-state index in [0.29, 0.717) is 0 Å². The predicted molar refractivity (Wildman–Crippen MR) is 21.5 cm³/mol. The molecule has 30 valence electrons. The van der Waals surface area contributed by atoms with Crippen LogP contribution in [-0.4, -0.2) is 11.2 Å². The summed E-state index contributed by atoms with van der Waals surface area (Å²) in [6.07, 6.45) is 3.74. The second kappa shape index (κ2) is 0.448. The van der Waals surface area contributed by atoms with Crippen LogP contribution in [0.1, 0.15) is 0 Å². The van der Waals surface area contributed by atoms with E-state index in [0.717, 1.165) is 0 Å². The van der Waals surface area contributed by atoms with E-state index in [2.05, 4.69) is 10.6 Å². The van der Waals surface area contributed by atoms with E-state index in [-0.39, 0.29) is 0 Å². The molecular formula is C3H3N3. The first-order valence-electron chi connectivity index (χ1n) is 1.76. The molecule has 1 N–H and O–H groups in total. The summed E-state index contributed by atoms with van der Waals surface area (Å²) in [5.41, 5.74) is 3.88. The van der Waals surface area contributed by atoms with Crippen LogP contribution >= 0.6 is 0 Å². The average molecular weight is 81.1 g/mol. The van der Waals surface area contributed by atoms with Gasteiger partial charge in [0.05, 0.1) is 12.4 Å². The van der Waals surface area contributed by atoms with E-state index in [1.54, 1.807) is 6.21 Å². The number of hydrogen-bond donors (Lipinski definition) is 1. The van der Waals surface area contributed by atoms with E-state index >= 15 is 0 Å². The molecule has 2 rings (SSSR count). The maximum absolute atomic E-state index is 3.70. The summed E-state index contributed by atoms with van der Waals surface area (Å²) in [6, 6.07) is 0. The Kier molecular flexibility index (Phi) is 0.166. The minimum atomic E-state index is 1.18.